The molecule has 1 aromatic carbocycles. The van der Waals surface area contributed by atoms with E-state index >= 15 is 0 Å². The predicted octanol–water partition coefficient (Wildman–Crippen LogP) is 4.07. The second-order valence-electron chi connectivity index (χ2n) is 9.86. The molecule has 2 aromatic rings. The van der Waals surface area contributed by atoms with Gasteiger partial charge in [0.2, 0.25) is 0 Å². The maximum absolute atomic E-state index is 12.6. The zero-order valence-electron chi connectivity index (χ0n) is 19.4. The Balaban J connectivity index is 2.11. The summed E-state index contributed by atoms with van der Waals surface area (Å²) in [5.41, 5.74) is 2.10. The van der Waals surface area contributed by atoms with Gasteiger partial charge in [0, 0.05) is 18.0 Å². The summed E-state index contributed by atoms with van der Waals surface area (Å²) >= 11 is 0. The lowest BCUT2D eigenvalue weighted by Crippen LogP contribution is -2.17. The van der Waals surface area contributed by atoms with Crippen LogP contribution in [0.1, 0.15) is 58.2 Å². The molecule has 0 fully saturated rings. The van der Waals surface area contributed by atoms with E-state index in [1.807, 2.05) is 32.9 Å². The largest absolute Gasteiger partial charge is 0.376 e. The van der Waals surface area contributed by atoms with Crippen LogP contribution in [-0.4, -0.2) is 40.4 Å². The van der Waals surface area contributed by atoms with Crippen LogP contribution in [0.15, 0.2) is 46.5 Å². The van der Waals surface area contributed by atoms with E-state index in [2.05, 4.69) is 25.8 Å². The summed E-state index contributed by atoms with van der Waals surface area (Å²) in [4.78, 5) is 4.38. The van der Waals surface area contributed by atoms with E-state index in [1.54, 1.807) is 24.4 Å². The van der Waals surface area contributed by atoms with E-state index in [1.165, 1.54) is 0 Å². The predicted molar refractivity (Wildman–Crippen MR) is 123 cm³/mol. The van der Waals surface area contributed by atoms with Crippen LogP contribution in [0.2, 0.25) is 0 Å². The van der Waals surface area contributed by atoms with Gasteiger partial charge in [-0.15, -0.1) is 0 Å². The molecule has 172 valence electrons. The smallest absolute Gasteiger partial charge is 0.193 e. The lowest BCUT2D eigenvalue weighted by molar-refractivity contribution is 0.133. The number of pyridine rings is 1. The minimum Gasteiger partial charge on any atom is -0.376 e. The number of hydrogen-bond acceptors (Lipinski definition) is 6. The van der Waals surface area contributed by atoms with Crippen LogP contribution in [0.3, 0.4) is 0 Å². The minimum absolute atomic E-state index is 0.0300. The van der Waals surface area contributed by atoms with Gasteiger partial charge in [0.05, 0.1) is 23.9 Å². The second-order valence-corrected chi connectivity index (χ2v) is 13.9. The number of sulfone groups is 2. The van der Waals surface area contributed by atoms with Crippen molar-refractivity contribution < 1.29 is 21.6 Å². The summed E-state index contributed by atoms with van der Waals surface area (Å²) in [7, 11) is -7.04. The Bertz CT molecular complexity index is 1120. The number of rotatable bonds is 7. The Morgan fingerprint density at radius 1 is 0.871 bits per heavy atom. The molecule has 2 rings (SSSR count). The van der Waals surface area contributed by atoms with Crippen LogP contribution >= 0.6 is 0 Å². The Morgan fingerprint density at radius 2 is 1.42 bits per heavy atom. The molecule has 0 aliphatic carbocycles. The normalized spacial score (nSPS) is 13.4. The minimum atomic E-state index is -3.53. The molecule has 6 nitrogen and oxygen atoms in total. The molecule has 0 saturated carbocycles. The van der Waals surface area contributed by atoms with Gasteiger partial charge < -0.3 is 4.74 Å². The Morgan fingerprint density at radius 3 is 1.90 bits per heavy atom. The molecule has 0 bridgehead atoms. The van der Waals surface area contributed by atoms with E-state index in [0.717, 1.165) is 17.4 Å². The fourth-order valence-corrected chi connectivity index (χ4v) is 4.94. The molecule has 0 saturated heterocycles. The van der Waals surface area contributed by atoms with Gasteiger partial charge in [-0.05, 0) is 40.2 Å². The summed E-state index contributed by atoms with van der Waals surface area (Å²) in [5.74, 6) is -0.192. The van der Waals surface area contributed by atoms with Gasteiger partial charge in [-0.2, -0.15) is 0 Å². The van der Waals surface area contributed by atoms with Crippen LogP contribution in [0.25, 0.3) is 0 Å². The summed E-state index contributed by atoms with van der Waals surface area (Å²) in [6.45, 7) is 12.1. The highest BCUT2D eigenvalue weighted by Gasteiger charge is 2.22. The number of hydrogen-bond donors (Lipinski definition) is 0. The van der Waals surface area contributed by atoms with Crippen molar-refractivity contribution in [1.82, 2.24) is 4.98 Å². The highest BCUT2D eigenvalue weighted by molar-refractivity contribution is 7.91. The molecular formula is C23H33NO5S2. The molecule has 0 amide bonds. The molecule has 0 N–H and O–H groups in total. The van der Waals surface area contributed by atoms with Crippen molar-refractivity contribution in [3.63, 3.8) is 0 Å². The maximum Gasteiger partial charge on any atom is 0.193 e. The Hall–Kier alpha value is -1.77. The summed E-state index contributed by atoms with van der Waals surface area (Å²) < 4.78 is 55.0. The summed E-state index contributed by atoms with van der Waals surface area (Å²) in [6.07, 6.45) is 2.66. The average Bonchev–Trinajstić information content (AvgIpc) is 2.63. The zero-order chi connectivity index (χ0) is 23.7. The molecule has 0 aliphatic rings. The first kappa shape index (κ1) is 25.5. The molecule has 8 heteroatoms. The van der Waals surface area contributed by atoms with Crippen LogP contribution in [0, 0.1) is 0 Å². The third-order valence-electron chi connectivity index (χ3n) is 4.98. The first-order valence-corrected chi connectivity index (χ1v) is 13.7. The molecule has 1 aromatic heterocycles. The van der Waals surface area contributed by atoms with Crippen molar-refractivity contribution in [2.24, 2.45) is 0 Å². The maximum atomic E-state index is 12.6. The first-order chi connectivity index (χ1) is 14.0. The monoisotopic (exact) mass is 467 g/mol. The van der Waals surface area contributed by atoms with Crippen molar-refractivity contribution >= 4 is 19.7 Å². The van der Waals surface area contributed by atoms with Gasteiger partial charge in [0.15, 0.2) is 24.7 Å². The van der Waals surface area contributed by atoms with Crippen molar-refractivity contribution in [2.45, 2.75) is 68.9 Å². The Kier molecular flexibility index (Phi) is 7.40. The van der Waals surface area contributed by atoms with E-state index < -0.39 is 19.7 Å². The zero-order valence-corrected chi connectivity index (χ0v) is 21.0. The van der Waals surface area contributed by atoms with Gasteiger partial charge in [0.25, 0.3) is 0 Å². The lowest BCUT2D eigenvalue weighted by Gasteiger charge is -2.20. The molecule has 0 atom stereocenters. The molecule has 0 aliphatic heterocycles. The number of aromatic nitrogens is 1. The summed E-state index contributed by atoms with van der Waals surface area (Å²) in [6, 6.07) is 8.66. The fourth-order valence-electron chi connectivity index (χ4n) is 2.98. The van der Waals surface area contributed by atoms with Gasteiger partial charge in [-0.25, -0.2) is 21.8 Å². The van der Waals surface area contributed by atoms with Crippen molar-refractivity contribution in [3.8, 4) is 0 Å². The van der Waals surface area contributed by atoms with Crippen molar-refractivity contribution in [3.05, 3.63) is 53.2 Å². The lowest BCUT2D eigenvalue weighted by atomic mass is 9.87. The van der Waals surface area contributed by atoms with Gasteiger partial charge >= 0.3 is 0 Å². The quantitative estimate of drug-likeness (QED) is 0.570. The average molecular weight is 468 g/mol. The van der Waals surface area contributed by atoms with Gasteiger partial charge in [0.1, 0.15) is 0 Å². The Labute approximate surface area is 186 Å². The highest BCUT2D eigenvalue weighted by atomic mass is 32.2. The number of ether oxygens (including phenoxy) is 1. The molecule has 0 spiro atoms. The third-order valence-corrected chi connectivity index (χ3v) is 7.74. The van der Waals surface area contributed by atoms with E-state index in [0.29, 0.717) is 5.56 Å². The molecular weight excluding hydrogens is 434 g/mol. The number of nitrogens with zero attached hydrogens (tertiary/aromatic N) is 1. The van der Waals surface area contributed by atoms with E-state index in [4.69, 9.17) is 4.74 Å². The molecule has 0 unspecified atom stereocenters. The first-order valence-electron chi connectivity index (χ1n) is 10.1. The number of benzene rings is 1. The SMILES string of the molecule is CC(C)(C)c1ccc(S(=O)(=O)CCOCc2cc(C(C)(C)C)cnc2S(C)(=O)=O)cc1. The van der Waals surface area contributed by atoms with Crippen LogP contribution in [0.5, 0.6) is 0 Å². The van der Waals surface area contributed by atoms with E-state index in [-0.39, 0.29) is 39.7 Å². The molecule has 31 heavy (non-hydrogen) atoms. The summed E-state index contributed by atoms with van der Waals surface area (Å²) in [5, 5.41) is -0.0406. The van der Waals surface area contributed by atoms with E-state index in [9.17, 15) is 16.8 Å². The molecule has 1 heterocycles. The fraction of sp³-hybridized carbons (Fsp3) is 0.522. The van der Waals surface area contributed by atoms with Crippen LogP contribution in [-0.2, 0) is 41.8 Å². The van der Waals surface area contributed by atoms with Crippen molar-refractivity contribution in [2.75, 3.05) is 18.6 Å². The third kappa shape index (κ3) is 6.85. The van der Waals surface area contributed by atoms with Crippen molar-refractivity contribution in [1.29, 1.82) is 0 Å². The van der Waals surface area contributed by atoms with Crippen LogP contribution in [0.4, 0.5) is 0 Å². The second kappa shape index (κ2) is 9.00. The highest BCUT2D eigenvalue weighted by Crippen LogP contribution is 2.26. The topological polar surface area (TPSA) is 90.4 Å². The van der Waals surface area contributed by atoms with Gasteiger partial charge in [-0.1, -0.05) is 53.7 Å². The standard InChI is InChI=1S/C23H33NO5S2/c1-22(2,3)18-8-10-20(11-9-18)31(27,28)13-12-29-16-17-14-19(23(4,5)6)15-24-21(17)30(7,25)26/h8-11,14-15H,12-13,16H2,1-7H3. The van der Waals surface area contributed by atoms with Gasteiger partial charge in [-0.3, -0.25) is 0 Å². The molecule has 0 radical (unpaired) electrons. The van der Waals surface area contributed by atoms with Crippen LogP contribution < -0.4 is 0 Å².